The molecule has 2 N–H and O–H groups in total. The lowest BCUT2D eigenvalue weighted by atomic mass is 10.1. The predicted molar refractivity (Wildman–Crippen MR) is 69.1 cm³/mol. The Bertz CT molecular complexity index is 360. The maximum atomic E-state index is 5.83. The number of rotatable bonds is 4. The number of fused-ring (bicyclic) bond motifs is 1. The molecule has 0 saturated carbocycles. The van der Waals surface area contributed by atoms with E-state index in [0.29, 0.717) is 0 Å². The highest BCUT2D eigenvalue weighted by molar-refractivity contribution is 5.46. The van der Waals surface area contributed by atoms with Crippen LogP contribution in [0.1, 0.15) is 44.2 Å². The van der Waals surface area contributed by atoms with Gasteiger partial charge in [-0.15, -0.1) is 0 Å². The molecule has 16 heavy (non-hydrogen) atoms. The molecule has 1 heterocycles. The summed E-state index contributed by atoms with van der Waals surface area (Å²) in [5.41, 5.74) is 9.61. The summed E-state index contributed by atoms with van der Waals surface area (Å²) in [6.45, 7) is 6.74. The van der Waals surface area contributed by atoms with Gasteiger partial charge in [-0.05, 0) is 36.1 Å². The van der Waals surface area contributed by atoms with Crippen molar-refractivity contribution in [2.45, 2.75) is 52.2 Å². The highest BCUT2D eigenvalue weighted by Gasteiger charge is 2.24. The largest absolute Gasteiger partial charge is 0.399 e. The molecule has 1 aliphatic rings. The number of anilines is 1. The Morgan fingerprint density at radius 3 is 2.69 bits per heavy atom. The van der Waals surface area contributed by atoms with Crippen LogP contribution < -0.4 is 5.73 Å². The van der Waals surface area contributed by atoms with Gasteiger partial charge >= 0.3 is 0 Å². The first-order valence-electron chi connectivity index (χ1n) is 6.36. The van der Waals surface area contributed by atoms with Gasteiger partial charge in [-0.2, -0.15) is 0 Å². The first kappa shape index (κ1) is 11.5. The molecular weight excluding hydrogens is 196 g/mol. The summed E-state index contributed by atoms with van der Waals surface area (Å²) in [6, 6.07) is 7.07. The van der Waals surface area contributed by atoms with Crippen molar-refractivity contribution in [3.63, 3.8) is 0 Å². The van der Waals surface area contributed by atoms with Gasteiger partial charge in [0.2, 0.25) is 0 Å². The van der Waals surface area contributed by atoms with Gasteiger partial charge in [0.25, 0.3) is 0 Å². The van der Waals surface area contributed by atoms with E-state index < -0.39 is 0 Å². The molecular formula is C14H22N2. The SMILES string of the molecule is CCCC(CC)N1Cc2ccc(N)cc2C1. The molecule has 1 unspecified atom stereocenters. The average molecular weight is 218 g/mol. The molecule has 0 bridgehead atoms. The van der Waals surface area contributed by atoms with E-state index in [9.17, 15) is 0 Å². The van der Waals surface area contributed by atoms with E-state index in [0.717, 1.165) is 24.8 Å². The molecule has 1 aromatic carbocycles. The molecule has 2 nitrogen and oxygen atoms in total. The van der Waals surface area contributed by atoms with Crippen LogP contribution in [0.2, 0.25) is 0 Å². The highest BCUT2D eigenvalue weighted by atomic mass is 15.2. The van der Waals surface area contributed by atoms with Crippen LogP contribution >= 0.6 is 0 Å². The zero-order chi connectivity index (χ0) is 11.5. The molecule has 2 heteroatoms. The number of benzene rings is 1. The van der Waals surface area contributed by atoms with E-state index in [1.54, 1.807) is 0 Å². The van der Waals surface area contributed by atoms with Gasteiger partial charge in [0, 0.05) is 24.8 Å². The van der Waals surface area contributed by atoms with E-state index in [4.69, 9.17) is 5.73 Å². The molecule has 0 spiro atoms. The van der Waals surface area contributed by atoms with Crippen molar-refractivity contribution in [1.82, 2.24) is 4.90 Å². The molecule has 1 aliphatic heterocycles. The summed E-state index contributed by atoms with van der Waals surface area (Å²) in [7, 11) is 0. The van der Waals surface area contributed by atoms with Crippen LogP contribution in [-0.4, -0.2) is 10.9 Å². The van der Waals surface area contributed by atoms with E-state index in [1.165, 1.54) is 30.4 Å². The van der Waals surface area contributed by atoms with Crippen molar-refractivity contribution in [2.24, 2.45) is 0 Å². The summed E-state index contributed by atoms with van der Waals surface area (Å²) >= 11 is 0. The van der Waals surface area contributed by atoms with E-state index in [1.807, 2.05) is 6.07 Å². The lowest BCUT2D eigenvalue weighted by Gasteiger charge is -2.25. The maximum absolute atomic E-state index is 5.83. The van der Waals surface area contributed by atoms with Crippen molar-refractivity contribution in [3.05, 3.63) is 29.3 Å². The fourth-order valence-corrected chi connectivity index (χ4v) is 2.68. The predicted octanol–water partition coefficient (Wildman–Crippen LogP) is 3.16. The van der Waals surface area contributed by atoms with Crippen LogP contribution in [0.3, 0.4) is 0 Å². The van der Waals surface area contributed by atoms with Gasteiger partial charge in [-0.3, -0.25) is 4.90 Å². The molecule has 1 aromatic rings. The minimum atomic E-state index is 0.735. The molecule has 0 fully saturated rings. The van der Waals surface area contributed by atoms with Gasteiger partial charge in [0.15, 0.2) is 0 Å². The molecule has 2 rings (SSSR count). The van der Waals surface area contributed by atoms with Gasteiger partial charge in [-0.25, -0.2) is 0 Å². The Morgan fingerprint density at radius 1 is 1.25 bits per heavy atom. The van der Waals surface area contributed by atoms with Crippen LogP contribution in [0, 0.1) is 0 Å². The normalized spacial score (nSPS) is 17.4. The van der Waals surface area contributed by atoms with Crippen LogP contribution in [0.5, 0.6) is 0 Å². The van der Waals surface area contributed by atoms with E-state index in [-0.39, 0.29) is 0 Å². The molecule has 88 valence electrons. The van der Waals surface area contributed by atoms with Gasteiger partial charge in [-0.1, -0.05) is 26.3 Å². The Hall–Kier alpha value is -1.02. The third-order valence-corrected chi connectivity index (χ3v) is 3.59. The fraction of sp³-hybridized carbons (Fsp3) is 0.571. The smallest absolute Gasteiger partial charge is 0.0317 e. The van der Waals surface area contributed by atoms with Crippen LogP contribution in [0.25, 0.3) is 0 Å². The van der Waals surface area contributed by atoms with Crippen molar-refractivity contribution in [2.75, 3.05) is 5.73 Å². The van der Waals surface area contributed by atoms with Crippen LogP contribution in [-0.2, 0) is 13.1 Å². The second-order valence-electron chi connectivity index (χ2n) is 4.78. The first-order chi connectivity index (χ1) is 7.74. The highest BCUT2D eigenvalue weighted by Crippen LogP contribution is 2.28. The first-order valence-corrected chi connectivity index (χ1v) is 6.36. The molecule has 0 aliphatic carbocycles. The standard InChI is InChI=1S/C14H22N2/c1-3-5-14(4-2)16-9-11-6-7-13(15)8-12(11)10-16/h6-8,14H,3-5,9-10,15H2,1-2H3. The minimum absolute atomic E-state index is 0.735. The van der Waals surface area contributed by atoms with Gasteiger partial charge in [0.1, 0.15) is 0 Å². The zero-order valence-corrected chi connectivity index (χ0v) is 10.4. The quantitative estimate of drug-likeness (QED) is 0.787. The third kappa shape index (κ3) is 2.22. The monoisotopic (exact) mass is 218 g/mol. The molecule has 0 aromatic heterocycles. The van der Waals surface area contributed by atoms with Crippen LogP contribution in [0.4, 0.5) is 5.69 Å². The van der Waals surface area contributed by atoms with Crippen LogP contribution in [0.15, 0.2) is 18.2 Å². The third-order valence-electron chi connectivity index (χ3n) is 3.59. The summed E-state index contributed by atoms with van der Waals surface area (Å²) in [5.74, 6) is 0. The number of hydrogen-bond donors (Lipinski definition) is 1. The summed E-state index contributed by atoms with van der Waals surface area (Å²) in [5, 5.41) is 0. The van der Waals surface area contributed by atoms with E-state index in [2.05, 4.69) is 30.9 Å². The van der Waals surface area contributed by atoms with Gasteiger partial charge < -0.3 is 5.73 Å². The maximum Gasteiger partial charge on any atom is 0.0317 e. The Labute approximate surface area is 98.4 Å². The molecule has 0 radical (unpaired) electrons. The van der Waals surface area contributed by atoms with Crippen molar-refractivity contribution < 1.29 is 0 Å². The molecule has 0 saturated heterocycles. The topological polar surface area (TPSA) is 29.3 Å². The lowest BCUT2D eigenvalue weighted by Crippen LogP contribution is -2.29. The summed E-state index contributed by atoms with van der Waals surface area (Å²) in [6.07, 6.45) is 3.82. The summed E-state index contributed by atoms with van der Waals surface area (Å²) < 4.78 is 0. The Morgan fingerprint density at radius 2 is 2.00 bits per heavy atom. The second kappa shape index (κ2) is 4.88. The average Bonchev–Trinajstić information content (AvgIpc) is 2.68. The number of nitrogens with zero attached hydrogens (tertiary/aromatic N) is 1. The molecule has 0 amide bonds. The number of hydrogen-bond acceptors (Lipinski definition) is 2. The Kier molecular flexibility index (Phi) is 3.49. The zero-order valence-electron chi connectivity index (χ0n) is 10.4. The molecule has 1 atom stereocenters. The Balaban J connectivity index is 2.09. The number of nitrogens with two attached hydrogens (primary N) is 1. The minimum Gasteiger partial charge on any atom is -0.399 e. The summed E-state index contributed by atoms with van der Waals surface area (Å²) in [4.78, 5) is 2.59. The van der Waals surface area contributed by atoms with Crippen molar-refractivity contribution in [3.8, 4) is 0 Å². The van der Waals surface area contributed by atoms with Crippen molar-refractivity contribution in [1.29, 1.82) is 0 Å². The lowest BCUT2D eigenvalue weighted by molar-refractivity contribution is 0.182. The van der Waals surface area contributed by atoms with Crippen molar-refractivity contribution >= 4 is 5.69 Å². The van der Waals surface area contributed by atoms with E-state index >= 15 is 0 Å². The van der Waals surface area contributed by atoms with Gasteiger partial charge in [0.05, 0.1) is 0 Å². The second-order valence-corrected chi connectivity index (χ2v) is 4.78. The number of nitrogen functional groups attached to an aromatic ring is 1. The fourth-order valence-electron chi connectivity index (χ4n) is 2.68.